The zero-order valence-electron chi connectivity index (χ0n) is 15.0. The summed E-state index contributed by atoms with van der Waals surface area (Å²) in [4.78, 5) is 19.1. The van der Waals surface area contributed by atoms with Gasteiger partial charge in [0.25, 0.3) is 0 Å². The Kier molecular flexibility index (Phi) is 4.69. The number of thiazole rings is 1. The molecule has 2 heterocycles. The molecule has 1 aromatic heterocycles. The van der Waals surface area contributed by atoms with Crippen LogP contribution in [0.15, 0.2) is 47.4 Å². The third-order valence-corrected chi connectivity index (χ3v) is 6.57. The van der Waals surface area contributed by atoms with E-state index in [9.17, 15) is 13.2 Å². The van der Waals surface area contributed by atoms with Gasteiger partial charge in [-0.15, -0.1) is 0 Å². The normalized spacial score (nSPS) is 14.7. The van der Waals surface area contributed by atoms with Crippen molar-refractivity contribution in [1.82, 2.24) is 4.98 Å². The van der Waals surface area contributed by atoms with Crippen LogP contribution in [0.4, 0.5) is 10.8 Å². The fraction of sp³-hybridized carbons (Fsp3) is 0.222. The van der Waals surface area contributed by atoms with E-state index in [4.69, 9.17) is 9.88 Å². The fourth-order valence-electron chi connectivity index (χ4n) is 2.93. The van der Waals surface area contributed by atoms with Crippen molar-refractivity contribution in [3.05, 3.63) is 42.5 Å². The van der Waals surface area contributed by atoms with E-state index >= 15 is 0 Å². The van der Waals surface area contributed by atoms with Gasteiger partial charge in [-0.25, -0.2) is 18.5 Å². The molecule has 0 saturated carbocycles. The Morgan fingerprint density at radius 2 is 1.96 bits per heavy atom. The number of amides is 1. The number of aromatic nitrogens is 1. The van der Waals surface area contributed by atoms with E-state index in [1.54, 1.807) is 18.4 Å². The maximum absolute atomic E-state index is 12.4. The summed E-state index contributed by atoms with van der Waals surface area (Å²) < 4.78 is 28.8. The van der Waals surface area contributed by atoms with Crippen molar-refractivity contribution in [1.29, 1.82) is 0 Å². The molecule has 0 atom stereocenters. The van der Waals surface area contributed by atoms with Crippen molar-refractivity contribution in [2.75, 3.05) is 30.4 Å². The van der Waals surface area contributed by atoms with Gasteiger partial charge >= 0.3 is 0 Å². The van der Waals surface area contributed by atoms with Crippen LogP contribution in [0.1, 0.15) is 0 Å². The minimum Gasteiger partial charge on any atom is -0.497 e. The number of anilines is 2. The second-order valence-corrected chi connectivity index (χ2v) is 9.06. The predicted molar refractivity (Wildman–Crippen MR) is 108 cm³/mol. The Morgan fingerprint density at radius 1 is 1.25 bits per heavy atom. The molecule has 0 aliphatic carbocycles. The van der Waals surface area contributed by atoms with Crippen LogP contribution in [0.25, 0.3) is 10.2 Å². The highest BCUT2D eigenvalue weighted by Gasteiger charge is 2.34. The van der Waals surface area contributed by atoms with Gasteiger partial charge < -0.3 is 15.0 Å². The van der Waals surface area contributed by atoms with Crippen molar-refractivity contribution in [2.45, 2.75) is 4.90 Å². The highest BCUT2D eigenvalue weighted by molar-refractivity contribution is 7.89. The molecular weight excluding hydrogens is 400 g/mol. The summed E-state index contributed by atoms with van der Waals surface area (Å²) >= 11 is 1.57. The van der Waals surface area contributed by atoms with Gasteiger partial charge in [-0.05, 0) is 42.5 Å². The van der Waals surface area contributed by atoms with Crippen LogP contribution < -0.4 is 20.1 Å². The molecule has 4 rings (SSSR count). The lowest BCUT2D eigenvalue weighted by molar-refractivity contribution is -0.120. The first-order valence-corrected chi connectivity index (χ1v) is 10.8. The second-order valence-electron chi connectivity index (χ2n) is 6.49. The van der Waals surface area contributed by atoms with Gasteiger partial charge in [0.1, 0.15) is 5.75 Å². The van der Waals surface area contributed by atoms with Crippen LogP contribution in [0.2, 0.25) is 0 Å². The number of hydrogen-bond donors (Lipinski definition) is 2. The van der Waals surface area contributed by atoms with E-state index < -0.39 is 10.0 Å². The van der Waals surface area contributed by atoms with Gasteiger partial charge in [0, 0.05) is 18.8 Å². The number of methoxy groups -OCH3 is 1. The molecule has 1 fully saturated rings. The average Bonchev–Trinajstić information content (AvgIpc) is 3.02. The van der Waals surface area contributed by atoms with Gasteiger partial charge in [-0.3, -0.25) is 4.79 Å². The Balaban J connectivity index is 1.37. The summed E-state index contributed by atoms with van der Waals surface area (Å²) in [5.41, 5.74) is 1.44. The van der Waals surface area contributed by atoms with Crippen molar-refractivity contribution in [3.63, 3.8) is 0 Å². The van der Waals surface area contributed by atoms with Crippen LogP contribution in [-0.4, -0.2) is 39.5 Å². The van der Waals surface area contributed by atoms with Crippen LogP contribution in [0.3, 0.4) is 0 Å². The number of sulfonamides is 1. The zero-order valence-corrected chi connectivity index (χ0v) is 16.6. The number of benzene rings is 2. The lowest BCUT2D eigenvalue weighted by Crippen LogP contribution is -2.52. The van der Waals surface area contributed by atoms with Gasteiger partial charge in [-0.1, -0.05) is 11.3 Å². The molecule has 2 aromatic carbocycles. The number of primary sulfonamides is 1. The first kappa shape index (κ1) is 18.7. The van der Waals surface area contributed by atoms with Crippen LogP contribution in [0.5, 0.6) is 5.75 Å². The highest BCUT2D eigenvalue weighted by atomic mass is 32.2. The summed E-state index contributed by atoms with van der Waals surface area (Å²) in [6.45, 7) is 1.16. The third-order valence-electron chi connectivity index (χ3n) is 4.56. The molecule has 3 N–H and O–H groups in total. The minimum absolute atomic E-state index is 0.00721. The summed E-state index contributed by atoms with van der Waals surface area (Å²) in [5, 5.41) is 8.75. The lowest BCUT2D eigenvalue weighted by atomic mass is 10.00. The van der Waals surface area contributed by atoms with E-state index in [1.165, 1.54) is 24.3 Å². The minimum atomic E-state index is -3.74. The van der Waals surface area contributed by atoms with E-state index in [0.717, 1.165) is 21.1 Å². The molecule has 1 aliphatic heterocycles. The molecule has 0 bridgehead atoms. The van der Waals surface area contributed by atoms with Crippen molar-refractivity contribution in [3.8, 4) is 5.75 Å². The molecule has 28 heavy (non-hydrogen) atoms. The second kappa shape index (κ2) is 7.04. The number of nitrogens with one attached hydrogen (secondary N) is 1. The van der Waals surface area contributed by atoms with Crippen LogP contribution in [0, 0.1) is 5.92 Å². The van der Waals surface area contributed by atoms with E-state index in [1.807, 2.05) is 18.2 Å². The predicted octanol–water partition coefficient (Wildman–Crippen LogP) is 2.03. The molecule has 10 heteroatoms. The summed E-state index contributed by atoms with van der Waals surface area (Å²) in [7, 11) is -2.12. The number of ether oxygens (including phenoxy) is 1. The Hall–Kier alpha value is -2.69. The SMILES string of the molecule is COc1ccc2nc(N3CC(C(=O)Nc4ccc(S(N)(=O)=O)cc4)C3)sc2c1. The lowest BCUT2D eigenvalue weighted by Gasteiger charge is -2.37. The standard InChI is InChI=1S/C18H18N4O4S2/c1-26-13-4-7-15-16(8-13)27-18(21-15)22-9-11(10-22)17(23)20-12-2-5-14(6-3-12)28(19,24)25/h2-8,11H,9-10H2,1H3,(H,20,23)(H2,19,24,25). The van der Waals surface area contributed by atoms with E-state index in [2.05, 4.69) is 15.2 Å². The topological polar surface area (TPSA) is 115 Å². The van der Waals surface area contributed by atoms with E-state index in [0.29, 0.717) is 18.8 Å². The Labute approximate surface area is 166 Å². The first-order chi connectivity index (χ1) is 13.3. The summed E-state index contributed by atoms with van der Waals surface area (Å²) in [6.07, 6.45) is 0. The molecule has 0 radical (unpaired) electrons. The van der Waals surface area contributed by atoms with Gasteiger partial charge in [0.05, 0.1) is 28.1 Å². The fourth-order valence-corrected chi connectivity index (χ4v) is 4.46. The molecule has 0 spiro atoms. The molecule has 3 aromatic rings. The maximum atomic E-state index is 12.4. The third kappa shape index (κ3) is 3.66. The summed E-state index contributed by atoms with van der Waals surface area (Å²) in [6, 6.07) is 11.5. The smallest absolute Gasteiger partial charge is 0.238 e. The largest absolute Gasteiger partial charge is 0.497 e. The zero-order chi connectivity index (χ0) is 19.9. The number of nitrogens with zero attached hydrogens (tertiary/aromatic N) is 2. The molecule has 1 amide bonds. The Bertz CT molecular complexity index is 1140. The summed E-state index contributed by atoms with van der Waals surface area (Å²) in [5.74, 6) is 0.527. The van der Waals surface area contributed by atoms with Gasteiger partial charge in [-0.2, -0.15) is 0 Å². The van der Waals surface area contributed by atoms with Crippen LogP contribution in [-0.2, 0) is 14.8 Å². The first-order valence-electron chi connectivity index (χ1n) is 8.47. The molecular formula is C18H18N4O4S2. The number of nitrogens with two attached hydrogens (primary N) is 1. The van der Waals surface area contributed by atoms with E-state index in [-0.39, 0.29) is 16.7 Å². The molecule has 1 aliphatic rings. The number of carbonyl (C=O) groups excluding carboxylic acids is 1. The number of hydrogen-bond acceptors (Lipinski definition) is 7. The molecule has 146 valence electrons. The van der Waals surface area contributed by atoms with Crippen LogP contribution >= 0.6 is 11.3 Å². The molecule has 1 saturated heterocycles. The number of rotatable bonds is 5. The van der Waals surface area contributed by atoms with Crippen molar-refractivity contribution >= 4 is 48.3 Å². The van der Waals surface area contributed by atoms with Crippen molar-refractivity contribution < 1.29 is 17.9 Å². The average molecular weight is 419 g/mol. The monoisotopic (exact) mass is 418 g/mol. The van der Waals surface area contributed by atoms with Crippen molar-refractivity contribution in [2.24, 2.45) is 11.1 Å². The number of carbonyl (C=O) groups is 1. The Morgan fingerprint density at radius 3 is 2.61 bits per heavy atom. The number of fused-ring (bicyclic) bond motifs is 1. The maximum Gasteiger partial charge on any atom is 0.238 e. The van der Waals surface area contributed by atoms with Gasteiger partial charge in [0.15, 0.2) is 5.13 Å². The highest BCUT2D eigenvalue weighted by Crippen LogP contribution is 2.34. The van der Waals surface area contributed by atoms with Gasteiger partial charge in [0.2, 0.25) is 15.9 Å². The molecule has 8 nitrogen and oxygen atoms in total. The quantitative estimate of drug-likeness (QED) is 0.655. The molecule has 0 unspecified atom stereocenters.